The molecular weight excluding hydrogens is 1160 g/mol. The van der Waals surface area contributed by atoms with E-state index in [1.165, 1.54) is 77.3 Å². The molecule has 80 heavy (non-hydrogen) atoms. The van der Waals surface area contributed by atoms with Crippen molar-refractivity contribution in [3.8, 4) is 11.4 Å². The van der Waals surface area contributed by atoms with Gasteiger partial charge in [-0.1, -0.05) is 185 Å². The highest BCUT2D eigenvalue weighted by molar-refractivity contribution is 14.0. The fraction of sp³-hybridized carbons (Fsp3) is 0.0986. The van der Waals surface area contributed by atoms with Gasteiger partial charge in [0.05, 0.1) is 50.5 Å². The lowest BCUT2D eigenvalue weighted by atomic mass is 9.69. The average Bonchev–Trinajstić information content (AvgIpc) is 4.10. The first kappa shape index (κ1) is 51.0. The van der Waals surface area contributed by atoms with Gasteiger partial charge >= 0.3 is 0 Å². The van der Waals surface area contributed by atoms with Gasteiger partial charge in [-0.25, -0.2) is 0 Å². The van der Waals surface area contributed by atoms with Crippen LogP contribution in [0, 0.1) is 0 Å². The van der Waals surface area contributed by atoms with E-state index >= 15 is 0 Å². The molecule has 9 heteroatoms. The molecule has 0 saturated carbocycles. The van der Waals surface area contributed by atoms with E-state index in [1.54, 1.807) is 24.8 Å². The van der Waals surface area contributed by atoms with Gasteiger partial charge in [-0.2, -0.15) is 0 Å². The molecule has 0 amide bonds. The molecule has 5 heterocycles. The van der Waals surface area contributed by atoms with Crippen LogP contribution in [-0.4, -0.2) is 29.1 Å². The number of nitrogens with zero attached hydrogens (tertiary/aromatic N) is 7. The lowest BCUT2D eigenvalue weighted by Crippen LogP contribution is -2.30. The molecule has 14 aromatic rings. The predicted molar refractivity (Wildman–Crippen MR) is 345 cm³/mol. The van der Waals surface area contributed by atoms with Crippen molar-refractivity contribution in [3.05, 3.63) is 281 Å². The summed E-state index contributed by atoms with van der Waals surface area (Å²) >= 11 is 3.58. The van der Waals surface area contributed by atoms with E-state index in [-0.39, 0.29) is 34.8 Å². The average molecular weight is 1210 g/mol. The van der Waals surface area contributed by atoms with E-state index in [0.29, 0.717) is 0 Å². The highest BCUT2D eigenvalue weighted by atomic mass is 127. The maximum Gasteiger partial charge on any atom is 0.115 e. The second-order valence-electron chi connectivity index (χ2n) is 21.5. The van der Waals surface area contributed by atoms with E-state index in [9.17, 15) is 0 Å². The molecule has 0 atom stereocenters. The summed E-state index contributed by atoms with van der Waals surface area (Å²) in [6.07, 6.45) is 8.14. The van der Waals surface area contributed by atoms with Crippen molar-refractivity contribution < 1.29 is 0 Å². The first-order valence-corrected chi connectivity index (χ1v) is 27.7. The zero-order valence-corrected chi connectivity index (χ0v) is 48.6. The number of benzene rings is 10. The summed E-state index contributed by atoms with van der Waals surface area (Å²) in [6.45, 7) is 9.27. The zero-order chi connectivity index (χ0) is 53.4. The van der Waals surface area contributed by atoms with Gasteiger partial charge in [-0.3, -0.25) is 19.9 Å². The molecule has 0 N–H and O–H groups in total. The van der Waals surface area contributed by atoms with Gasteiger partial charge in [-0.05, 0) is 116 Å². The van der Waals surface area contributed by atoms with E-state index in [4.69, 9.17) is 9.97 Å². The summed E-state index contributed by atoms with van der Waals surface area (Å²) in [6, 6.07) is 77.7. The molecule has 388 valence electrons. The Bertz CT molecular complexity index is 4500. The van der Waals surface area contributed by atoms with E-state index in [0.717, 1.165) is 61.1 Å². The van der Waals surface area contributed by atoms with Crippen molar-refractivity contribution >= 4 is 123 Å². The third kappa shape index (κ3) is 8.19. The minimum Gasteiger partial charge on any atom is -0.308 e. The quantitative estimate of drug-likeness (QED) is 0.165. The Kier molecular flexibility index (Phi) is 12.9. The third-order valence-electron chi connectivity index (χ3n) is 16.4. The largest absolute Gasteiger partial charge is 0.308 e. The number of hydrogen-bond donors (Lipinski definition) is 0. The number of rotatable bonds is 3. The van der Waals surface area contributed by atoms with Gasteiger partial charge in [0.2, 0.25) is 0 Å². The standard InChI is InChI=1S/C35H26N4.C20H12BrN3.C16H16.HI/c1-35(2)25-13-5-9-17-29(25)39(30-18-10-6-14-26(30)35)32-20-19-31(33-34(32)37-22-21-36-33)38-27-15-7-3-11-23(27)24-12-4-8-16-28(24)38;21-15-9-10-18(20-19(15)22-11-12-23-20)24-16-7-3-1-5-13(16)14-6-2-4-8-17(14)24;1-16(2)14-9-5-3-7-12(14)11-13-8-4-6-10-15(13)16;/h3-22H,1-2H3;1-12H;3-10H,11H2,1-2H3;1H. The topological polar surface area (TPSA) is 64.7 Å². The molecule has 0 saturated heterocycles. The Morgan fingerprint density at radius 2 is 0.637 bits per heavy atom. The van der Waals surface area contributed by atoms with Crippen molar-refractivity contribution in [3.63, 3.8) is 0 Å². The lowest BCUT2D eigenvalue weighted by Gasteiger charge is -2.42. The van der Waals surface area contributed by atoms with Crippen LogP contribution < -0.4 is 4.90 Å². The highest BCUT2D eigenvalue weighted by Gasteiger charge is 2.37. The van der Waals surface area contributed by atoms with Crippen LogP contribution in [0.25, 0.3) is 77.1 Å². The number of fused-ring (bicyclic) bond motifs is 12. The van der Waals surface area contributed by atoms with Gasteiger partial charge in [0.1, 0.15) is 22.1 Å². The third-order valence-corrected chi connectivity index (χ3v) is 17.1. The molecule has 7 nitrogen and oxygen atoms in total. The molecule has 0 bridgehead atoms. The van der Waals surface area contributed by atoms with E-state index < -0.39 is 0 Å². The molecule has 1 aliphatic carbocycles. The predicted octanol–water partition coefficient (Wildman–Crippen LogP) is 18.9. The number of aromatic nitrogens is 6. The summed E-state index contributed by atoms with van der Waals surface area (Å²) in [5.74, 6) is 0. The molecule has 0 radical (unpaired) electrons. The van der Waals surface area contributed by atoms with Crippen LogP contribution in [0.1, 0.15) is 61.1 Å². The first-order valence-electron chi connectivity index (χ1n) is 26.9. The summed E-state index contributed by atoms with van der Waals surface area (Å²) in [5.41, 5.74) is 22.2. The van der Waals surface area contributed by atoms with Crippen LogP contribution in [0.5, 0.6) is 0 Å². The van der Waals surface area contributed by atoms with Gasteiger partial charge in [0, 0.05) is 61.6 Å². The Labute approximate surface area is 490 Å². The van der Waals surface area contributed by atoms with Crippen LogP contribution in [0.4, 0.5) is 17.1 Å². The lowest BCUT2D eigenvalue weighted by molar-refractivity contribution is 0.610. The first-order chi connectivity index (χ1) is 38.7. The molecule has 0 fully saturated rings. The Balaban J connectivity index is 0.000000125. The van der Waals surface area contributed by atoms with Crippen LogP contribution in [-0.2, 0) is 17.3 Å². The maximum absolute atomic E-state index is 4.95. The van der Waals surface area contributed by atoms with Crippen LogP contribution in [0.2, 0.25) is 0 Å². The maximum atomic E-state index is 4.95. The van der Waals surface area contributed by atoms with Crippen LogP contribution >= 0.6 is 39.9 Å². The van der Waals surface area contributed by atoms with Crippen LogP contribution in [0.15, 0.2) is 248 Å². The summed E-state index contributed by atoms with van der Waals surface area (Å²) in [5, 5.41) is 4.95. The minimum atomic E-state index is -0.117. The summed E-state index contributed by atoms with van der Waals surface area (Å²) < 4.78 is 5.55. The second kappa shape index (κ2) is 20.3. The van der Waals surface area contributed by atoms with Crippen molar-refractivity contribution in [2.45, 2.75) is 44.9 Å². The number of hydrogen-bond acceptors (Lipinski definition) is 5. The SMILES string of the molecule is Brc1ccc(-n2c3ccccc3c3ccccc32)c2nccnc12.CC1(C)c2ccccc2Cc2ccccc21.CC1(C)c2ccccc2N(c2ccc(-n3c4ccccc4c4ccccc43)c3nccnc23)c2ccccc21.I. The molecular formula is C71H55BrIN7. The second-order valence-corrected chi connectivity index (χ2v) is 22.4. The smallest absolute Gasteiger partial charge is 0.115 e. The van der Waals surface area contributed by atoms with E-state index in [2.05, 4.69) is 280 Å². The molecule has 10 aromatic carbocycles. The zero-order valence-electron chi connectivity index (χ0n) is 44.7. The summed E-state index contributed by atoms with van der Waals surface area (Å²) in [4.78, 5) is 21.3. The van der Waals surface area contributed by atoms with E-state index in [1.807, 2.05) is 6.07 Å². The molecule has 0 spiro atoms. The van der Waals surface area contributed by atoms with Crippen molar-refractivity contribution in [1.29, 1.82) is 0 Å². The Morgan fingerprint density at radius 3 is 1.09 bits per heavy atom. The van der Waals surface area contributed by atoms with Crippen molar-refractivity contribution in [2.75, 3.05) is 4.90 Å². The number of para-hydroxylation sites is 6. The molecule has 4 aromatic heterocycles. The summed E-state index contributed by atoms with van der Waals surface area (Å²) in [7, 11) is 0. The van der Waals surface area contributed by atoms with Crippen LogP contribution in [0.3, 0.4) is 0 Å². The molecule has 1 aliphatic heterocycles. The van der Waals surface area contributed by atoms with Crippen molar-refractivity contribution in [1.82, 2.24) is 29.1 Å². The van der Waals surface area contributed by atoms with Gasteiger partial charge < -0.3 is 14.0 Å². The molecule has 2 aliphatic rings. The number of halogens is 2. The van der Waals surface area contributed by atoms with Gasteiger partial charge in [0.15, 0.2) is 0 Å². The van der Waals surface area contributed by atoms with Crippen molar-refractivity contribution in [2.24, 2.45) is 0 Å². The fourth-order valence-electron chi connectivity index (χ4n) is 12.8. The normalized spacial score (nSPS) is 13.6. The van der Waals surface area contributed by atoms with Gasteiger partial charge in [-0.15, -0.1) is 24.0 Å². The minimum absolute atomic E-state index is 0. The number of anilines is 3. The van der Waals surface area contributed by atoms with Gasteiger partial charge in [0.25, 0.3) is 0 Å². The Morgan fingerprint density at radius 1 is 0.325 bits per heavy atom. The molecule has 16 rings (SSSR count). The fourth-order valence-corrected chi connectivity index (χ4v) is 13.2. The monoisotopic (exact) mass is 1210 g/mol. The highest BCUT2D eigenvalue weighted by Crippen LogP contribution is 2.53. The molecule has 0 unspecified atom stereocenters. The Hall–Kier alpha value is -8.51.